The van der Waals surface area contributed by atoms with Crippen LogP contribution in [0.25, 0.3) is 11.1 Å². The van der Waals surface area contributed by atoms with Crippen molar-refractivity contribution < 1.29 is 14.8 Å². The molecule has 0 spiro atoms. The molecule has 27 heavy (non-hydrogen) atoms. The number of nitriles is 1. The number of nitrogens with zero attached hydrogens (tertiary/aromatic N) is 2. The normalized spacial score (nSPS) is 10.2. The van der Waals surface area contributed by atoms with Crippen LogP contribution in [0.2, 0.25) is 0 Å². The minimum Gasteiger partial charge on any atom is -0.507 e. The average molecular weight is 360 g/mol. The molecule has 0 amide bonds. The molecule has 134 valence electrons. The standard InChI is InChI=1S/C21H16N2O4/c1-27-19-10-9-17(11-14-5-7-15(13-22)8-6-14)21(24)20(19)16-3-2-4-18(12-16)23(25)26/h2-10,12,24H,11H2,1H3. The first-order valence-corrected chi connectivity index (χ1v) is 8.16. The van der Waals surface area contributed by atoms with Crippen LogP contribution in [0.15, 0.2) is 60.7 Å². The molecule has 3 aromatic carbocycles. The van der Waals surface area contributed by atoms with Crippen LogP contribution in [0.5, 0.6) is 11.5 Å². The molecule has 0 aliphatic heterocycles. The largest absolute Gasteiger partial charge is 0.507 e. The van der Waals surface area contributed by atoms with Crippen LogP contribution >= 0.6 is 0 Å². The SMILES string of the molecule is COc1ccc(Cc2ccc(C#N)cc2)c(O)c1-c1cccc([N+](=O)[O-])c1. The van der Waals surface area contributed by atoms with Gasteiger partial charge in [0.15, 0.2) is 0 Å². The smallest absolute Gasteiger partial charge is 0.270 e. The summed E-state index contributed by atoms with van der Waals surface area (Å²) in [6.07, 6.45) is 0.448. The van der Waals surface area contributed by atoms with Gasteiger partial charge in [0.2, 0.25) is 0 Å². The number of non-ortho nitro benzene ring substituents is 1. The van der Waals surface area contributed by atoms with Crippen LogP contribution in [0, 0.1) is 21.4 Å². The number of phenolic OH excluding ortho intramolecular Hbond substituents is 1. The predicted octanol–water partition coefficient (Wildman–Crippen LogP) is 4.44. The van der Waals surface area contributed by atoms with E-state index in [0.717, 1.165) is 5.56 Å². The fraction of sp³-hybridized carbons (Fsp3) is 0.0952. The molecule has 0 aliphatic carbocycles. The third kappa shape index (κ3) is 3.72. The molecule has 0 fully saturated rings. The molecule has 0 aromatic heterocycles. The Hall–Kier alpha value is -3.85. The summed E-state index contributed by atoms with van der Waals surface area (Å²) in [5.41, 5.74) is 3.00. The maximum absolute atomic E-state index is 11.1. The number of aromatic hydroxyl groups is 1. The summed E-state index contributed by atoms with van der Waals surface area (Å²) in [5, 5.41) is 30.8. The first kappa shape index (κ1) is 18.0. The Balaban J connectivity index is 2.06. The van der Waals surface area contributed by atoms with Gasteiger partial charge < -0.3 is 9.84 Å². The van der Waals surface area contributed by atoms with Crippen LogP contribution in [0.1, 0.15) is 16.7 Å². The number of rotatable bonds is 5. The first-order chi connectivity index (χ1) is 13.0. The lowest BCUT2D eigenvalue weighted by molar-refractivity contribution is -0.384. The van der Waals surface area contributed by atoms with E-state index in [0.29, 0.717) is 34.4 Å². The molecule has 0 unspecified atom stereocenters. The molecule has 0 bridgehead atoms. The second kappa shape index (κ2) is 7.58. The lowest BCUT2D eigenvalue weighted by Crippen LogP contribution is -1.95. The summed E-state index contributed by atoms with van der Waals surface area (Å²) in [6.45, 7) is 0. The molecular weight excluding hydrogens is 344 g/mol. The van der Waals surface area contributed by atoms with Crippen molar-refractivity contribution in [2.24, 2.45) is 0 Å². The van der Waals surface area contributed by atoms with Crippen LogP contribution in [-0.2, 0) is 6.42 Å². The Morgan fingerprint density at radius 1 is 1.15 bits per heavy atom. The van der Waals surface area contributed by atoms with Crippen molar-refractivity contribution in [3.05, 3.63) is 87.5 Å². The van der Waals surface area contributed by atoms with Crippen LogP contribution in [-0.4, -0.2) is 17.1 Å². The quantitative estimate of drug-likeness (QED) is 0.536. The van der Waals surface area contributed by atoms with Crippen LogP contribution in [0.4, 0.5) is 5.69 Å². The molecule has 0 saturated carbocycles. The van der Waals surface area contributed by atoms with Crippen molar-refractivity contribution >= 4 is 5.69 Å². The van der Waals surface area contributed by atoms with Gasteiger partial charge in [0.05, 0.1) is 29.2 Å². The number of ether oxygens (including phenoxy) is 1. The zero-order valence-corrected chi connectivity index (χ0v) is 14.5. The van der Waals surface area contributed by atoms with Gasteiger partial charge >= 0.3 is 0 Å². The van der Waals surface area contributed by atoms with Crippen LogP contribution < -0.4 is 4.74 Å². The molecule has 0 aliphatic rings. The highest BCUT2D eigenvalue weighted by Crippen LogP contribution is 2.41. The zero-order chi connectivity index (χ0) is 19.4. The Kier molecular flexibility index (Phi) is 5.04. The van der Waals surface area contributed by atoms with E-state index in [4.69, 9.17) is 10.00 Å². The molecule has 3 rings (SSSR count). The average Bonchev–Trinajstić information content (AvgIpc) is 2.70. The molecular formula is C21H16N2O4. The molecule has 0 heterocycles. The second-order valence-corrected chi connectivity index (χ2v) is 5.94. The number of benzene rings is 3. The van der Waals surface area contributed by atoms with E-state index in [9.17, 15) is 15.2 Å². The molecule has 0 saturated heterocycles. The summed E-state index contributed by atoms with van der Waals surface area (Å²) >= 11 is 0. The lowest BCUT2D eigenvalue weighted by Gasteiger charge is -2.14. The monoisotopic (exact) mass is 360 g/mol. The third-order valence-electron chi connectivity index (χ3n) is 4.27. The number of phenols is 1. The fourth-order valence-corrected chi connectivity index (χ4v) is 2.90. The van der Waals surface area contributed by atoms with E-state index in [1.54, 1.807) is 36.4 Å². The van der Waals surface area contributed by atoms with E-state index in [-0.39, 0.29) is 11.4 Å². The Morgan fingerprint density at radius 3 is 2.52 bits per heavy atom. The van der Waals surface area contributed by atoms with Gasteiger partial charge in [-0.3, -0.25) is 10.1 Å². The van der Waals surface area contributed by atoms with E-state index < -0.39 is 4.92 Å². The summed E-state index contributed by atoms with van der Waals surface area (Å²) in [5.74, 6) is 0.441. The number of nitro benzene ring substituents is 1. The van der Waals surface area contributed by atoms with Gasteiger partial charge in [-0.05, 0) is 34.9 Å². The first-order valence-electron chi connectivity index (χ1n) is 8.16. The number of hydrogen-bond acceptors (Lipinski definition) is 5. The molecule has 6 heteroatoms. The highest BCUT2D eigenvalue weighted by atomic mass is 16.6. The third-order valence-corrected chi connectivity index (χ3v) is 4.27. The minimum absolute atomic E-state index is 0.0132. The number of methoxy groups -OCH3 is 1. The summed E-state index contributed by atoms with van der Waals surface area (Å²) in [6, 6.07) is 18.7. The predicted molar refractivity (Wildman–Crippen MR) is 101 cm³/mol. The molecule has 6 nitrogen and oxygen atoms in total. The van der Waals surface area contributed by atoms with Crippen molar-refractivity contribution in [2.45, 2.75) is 6.42 Å². The van der Waals surface area contributed by atoms with Gasteiger partial charge in [0.1, 0.15) is 11.5 Å². The van der Waals surface area contributed by atoms with Gasteiger partial charge in [-0.25, -0.2) is 0 Å². The summed E-state index contributed by atoms with van der Waals surface area (Å²) in [4.78, 5) is 10.6. The highest BCUT2D eigenvalue weighted by Gasteiger charge is 2.18. The molecule has 0 radical (unpaired) electrons. The van der Waals surface area contributed by atoms with Crippen molar-refractivity contribution in [1.82, 2.24) is 0 Å². The van der Waals surface area contributed by atoms with E-state index in [1.165, 1.54) is 19.2 Å². The topological polar surface area (TPSA) is 96.4 Å². The van der Waals surface area contributed by atoms with Crippen molar-refractivity contribution in [2.75, 3.05) is 7.11 Å². The van der Waals surface area contributed by atoms with Gasteiger partial charge in [0.25, 0.3) is 5.69 Å². The van der Waals surface area contributed by atoms with E-state index >= 15 is 0 Å². The van der Waals surface area contributed by atoms with Crippen molar-refractivity contribution in [3.63, 3.8) is 0 Å². The molecule has 1 N–H and O–H groups in total. The Labute approximate surface area is 156 Å². The summed E-state index contributed by atoms with van der Waals surface area (Å²) in [7, 11) is 1.48. The van der Waals surface area contributed by atoms with Gasteiger partial charge in [-0.1, -0.05) is 30.3 Å². The number of nitro groups is 1. The molecule has 3 aromatic rings. The lowest BCUT2D eigenvalue weighted by atomic mass is 9.96. The van der Waals surface area contributed by atoms with Gasteiger partial charge in [-0.15, -0.1) is 0 Å². The van der Waals surface area contributed by atoms with Gasteiger partial charge in [-0.2, -0.15) is 5.26 Å². The number of hydrogen-bond donors (Lipinski definition) is 1. The Bertz CT molecular complexity index is 1040. The maximum Gasteiger partial charge on any atom is 0.270 e. The van der Waals surface area contributed by atoms with Crippen molar-refractivity contribution in [1.29, 1.82) is 5.26 Å². The van der Waals surface area contributed by atoms with Gasteiger partial charge in [0, 0.05) is 18.6 Å². The summed E-state index contributed by atoms with van der Waals surface area (Å²) < 4.78 is 5.35. The maximum atomic E-state index is 11.1. The van der Waals surface area contributed by atoms with Crippen molar-refractivity contribution in [3.8, 4) is 28.7 Å². The second-order valence-electron chi connectivity index (χ2n) is 5.94. The minimum atomic E-state index is -0.479. The highest BCUT2D eigenvalue weighted by molar-refractivity contribution is 5.79. The van der Waals surface area contributed by atoms with E-state index in [2.05, 4.69) is 6.07 Å². The van der Waals surface area contributed by atoms with Crippen LogP contribution in [0.3, 0.4) is 0 Å². The van der Waals surface area contributed by atoms with E-state index in [1.807, 2.05) is 12.1 Å². The Morgan fingerprint density at radius 2 is 1.89 bits per heavy atom. The fourth-order valence-electron chi connectivity index (χ4n) is 2.90. The zero-order valence-electron chi connectivity index (χ0n) is 14.5. The molecule has 0 atom stereocenters.